The van der Waals surface area contributed by atoms with E-state index in [2.05, 4.69) is 31.3 Å². The van der Waals surface area contributed by atoms with E-state index in [1.54, 1.807) is 7.11 Å². The SMILES string of the molecule is COc1ccc2cc3c(N(COC(=O)NC(C)C)c4ccccc4)c(C)c(C)cc3nc2c1. The zero-order valence-electron chi connectivity index (χ0n) is 19.7. The molecule has 0 spiro atoms. The molecule has 3 aromatic carbocycles. The van der Waals surface area contributed by atoms with Crippen LogP contribution in [0.5, 0.6) is 5.75 Å². The molecule has 0 radical (unpaired) electrons. The molecule has 4 rings (SSSR count). The van der Waals surface area contributed by atoms with Crippen molar-refractivity contribution < 1.29 is 14.3 Å². The third-order valence-electron chi connectivity index (χ3n) is 5.68. The number of pyridine rings is 1. The van der Waals surface area contributed by atoms with Crippen LogP contribution in [-0.2, 0) is 4.74 Å². The smallest absolute Gasteiger partial charge is 0.409 e. The van der Waals surface area contributed by atoms with Gasteiger partial charge in [-0.15, -0.1) is 0 Å². The third kappa shape index (κ3) is 4.70. The molecule has 170 valence electrons. The van der Waals surface area contributed by atoms with Gasteiger partial charge in [0.15, 0.2) is 6.73 Å². The van der Waals surface area contributed by atoms with Crippen molar-refractivity contribution in [1.29, 1.82) is 0 Å². The third-order valence-corrected chi connectivity index (χ3v) is 5.68. The van der Waals surface area contributed by atoms with E-state index in [-0.39, 0.29) is 12.8 Å². The standard InChI is InChI=1S/C27H29N3O3/c1-17(2)28-27(31)33-16-30(21-9-7-6-8-10-21)26-19(4)18(3)13-25-23(26)14-20-11-12-22(32-5)15-24(20)29-25/h6-15,17H,16H2,1-5H3,(H,28,31). The van der Waals surface area contributed by atoms with Gasteiger partial charge >= 0.3 is 6.09 Å². The summed E-state index contributed by atoms with van der Waals surface area (Å²) < 4.78 is 11.0. The summed E-state index contributed by atoms with van der Waals surface area (Å²) in [4.78, 5) is 19.2. The number of aromatic nitrogens is 1. The number of amides is 1. The van der Waals surface area contributed by atoms with Gasteiger partial charge in [0.25, 0.3) is 0 Å². The predicted octanol–water partition coefficient (Wildman–Crippen LogP) is 6.24. The van der Waals surface area contributed by atoms with E-state index in [0.717, 1.165) is 50.1 Å². The summed E-state index contributed by atoms with van der Waals surface area (Å²) in [5.74, 6) is 0.772. The van der Waals surface area contributed by atoms with Crippen molar-refractivity contribution in [3.63, 3.8) is 0 Å². The minimum atomic E-state index is -0.448. The number of para-hydroxylation sites is 1. The van der Waals surface area contributed by atoms with Gasteiger partial charge in [-0.25, -0.2) is 9.78 Å². The fourth-order valence-corrected chi connectivity index (χ4v) is 3.92. The van der Waals surface area contributed by atoms with Crippen LogP contribution in [0.3, 0.4) is 0 Å². The minimum Gasteiger partial charge on any atom is -0.497 e. The first-order chi connectivity index (χ1) is 15.9. The molecule has 0 saturated heterocycles. The van der Waals surface area contributed by atoms with Crippen LogP contribution in [0.2, 0.25) is 0 Å². The van der Waals surface area contributed by atoms with Crippen molar-refractivity contribution in [2.24, 2.45) is 0 Å². The highest BCUT2D eigenvalue weighted by atomic mass is 16.6. The van der Waals surface area contributed by atoms with Gasteiger partial charge in [-0.2, -0.15) is 0 Å². The molecule has 0 fully saturated rings. The first-order valence-corrected chi connectivity index (χ1v) is 11.0. The average molecular weight is 444 g/mol. The Morgan fingerprint density at radius 3 is 2.48 bits per heavy atom. The summed E-state index contributed by atoms with van der Waals surface area (Å²) in [6.45, 7) is 8.04. The van der Waals surface area contributed by atoms with Crippen LogP contribution >= 0.6 is 0 Å². The number of nitrogens with one attached hydrogen (secondary N) is 1. The number of hydrogen-bond acceptors (Lipinski definition) is 5. The van der Waals surface area contributed by atoms with Crippen molar-refractivity contribution >= 4 is 39.3 Å². The summed E-state index contributed by atoms with van der Waals surface area (Å²) in [6.07, 6.45) is -0.448. The van der Waals surface area contributed by atoms with E-state index in [1.807, 2.05) is 67.3 Å². The molecule has 1 aromatic heterocycles. The number of anilines is 2. The molecule has 4 aromatic rings. The van der Waals surface area contributed by atoms with Crippen molar-refractivity contribution in [2.75, 3.05) is 18.7 Å². The normalized spacial score (nSPS) is 11.1. The lowest BCUT2D eigenvalue weighted by Crippen LogP contribution is -2.34. The maximum Gasteiger partial charge on any atom is 0.409 e. The number of alkyl carbamates (subject to hydrolysis) is 1. The zero-order valence-corrected chi connectivity index (χ0v) is 19.7. The van der Waals surface area contributed by atoms with Crippen LogP contribution in [0.25, 0.3) is 21.8 Å². The number of fused-ring (bicyclic) bond motifs is 2. The Balaban J connectivity index is 1.89. The van der Waals surface area contributed by atoms with Gasteiger partial charge < -0.3 is 19.7 Å². The fraction of sp³-hybridized carbons (Fsp3) is 0.259. The van der Waals surface area contributed by atoms with Crippen LogP contribution in [0, 0.1) is 13.8 Å². The number of benzene rings is 3. The number of methoxy groups -OCH3 is 1. The molecule has 6 nitrogen and oxygen atoms in total. The minimum absolute atomic E-state index is 0.00299. The van der Waals surface area contributed by atoms with Crippen LogP contribution in [0.1, 0.15) is 25.0 Å². The molecule has 0 aliphatic carbocycles. The summed E-state index contributed by atoms with van der Waals surface area (Å²) in [5.41, 5.74) is 5.86. The highest BCUT2D eigenvalue weighted by molar-refractivity contribution is 6.02. The van der Waals surface area contributed by atoms with Gasteiger partial charge in [0.1, 0.15) is 5.75 Å². The van der Waals surface area contributed by atoms with Gasteiger partial charge in [-0.3, -0.25) is 0 Å². The number of hydrogen-bond donors (Lipinski definition) is 1. The van der Waals surface area contributed by atoms with Crippen molar-refractivity contribution in [1.82, 2.24) is 10.3 Å². The number of aryl methyl sites for hydroxylation is 1. The Kier molecular flexibility index (Phi) is 6.36. The summed E-state index contributed by atoms with van der Waals surface area (Å²) >= 11 is 0. The molecule has 1 N–H and O–H groups in total. The van der Waals surface area contributed by atoms with Crippen molar-refractivity contribution in [2.45, 2.75) is 33.7 Å². The molecule has 0 aliphatic rings. The van der Waals surface area contributed by atoms with E-state index in [1.165, 1.54) is 0 Å². The number of nitrogens with zero attached hydrogens (tertiary/aromatic N) is 2. The number of rotatable bonds is 6. The molecule has 0 atom stereocenters. The van der Waals surface area contributed by atoms with Crippen LogP contribution in [-0.4, -0.2) is 31.0 Å². The average Bonchev–Trinajstić information content (AvgIpc) is 2.80. The van der Waals surface area contributed by atoms with Crippen LogP contribution in [0.15, 0.2) is 60.7 Å². The second-order valence-electron chi connectivity index (χ2n) is 8.40. The maximum atomic E-state index is 12.3. The Labute approximate surface area is 194 Å². The summed E-state index contributed by atoms with van der Waals surface area (Å²) in [7, 11) is 1.65. The van der Waals surface area contributed by atoms with Crippen LogP contribution in [0.4, 0.5) is 16.2 Å². The highest BCUT2D eigenvalue weighted by Crippen LogP contribution is 2.38. The lowest BCUT2D eigenvalue weighted by Gasteiger charge is -2.28. The summed E-state index contributed by atoms with van der Waals surface area (Å²) in [5, 5.41) is 4.79. The number of carbonyl (C=O) groups excluding carboxylic acids is 1. The molecule has 6 heteroatoms. The Morgan fingerprint density at radius 1 is 1.03 bits per heavy atom. The Bertz CT molecular complexity index is 1300. The van der Waals surface area contributed by atoms with Gasteiger partial charge in [-0.1, -0.05) is 18.2 Å². The van der Waals surface area contributed by atoms with Crippen molar-refractivity contribution in [3.05, 3.63) is 71.8 Å². The molecule has 33 heavy (non-hydrogen) atoms. The lowest BCUT2D eigenvalue weighted by molar-refractivity contribution is 0.146. The molecule has 1 amide bonds. The van der Waals surface area contributed by atoms with E-state index < -0.39 is 6.09 Å². The van der Waals surface area contributed by atoms with E-state index in [9.17, 15) is 4.79 Å². The number of carbonyl (C=O) groups is 1. The molecular weight excluding hydrogens is 414 g/mol. The lowest BCUT2D eigenvalue weighted by atomic mass is 10.00. The quantitative estimate of drug-likeness (QED) is 0.282. The largest absolute Gasteiger partial charge is 0.497 e. The van der Waals surface area contributed by atoms with Gasteiger partial charge in [0, 0.05) is 28.6 Å². The maximum absolute atomic E-state index is 12.3. The molecular formula is C27H29N3O3. The molecule has 0 bridgehead atoms. The highest BCUT2D eigenvalue weighted by Gasteiger charge is 2.20. The Hall–Kier alpha value is -3.80. The van der Waals surface area contributed by atoms with Crippen molar-refractivity contribution in [3.8, 4) is 5.75 Å². The predicted molar refractivity (Wildman–Crippen MR) is 133 cm³/mol. The second-order valence-corrected chi connectivity index (χ2v) is 8.40. The van der Waals surface area contributed by atoms with Gasteiger partial charge in [0.05, 0.1) is 23.8 Å². The topological polar surface area (TPSA) is 63.7 Å². The molecule has 0 saturated carbocycles. The van der Waals surface area contributed by atoms with Gasteiger partial charge in [-0.05, 0) is 75.2 Å². The fourth-order valence-electron chi connectivity index (χ4n) is 3.92. The first kappa shape index (κ1) is 22.4. The summed E-state index contributed by atoms with van der Waals surface area (Å²) in [6, 6.07) is 20.1. The zero-order chi connectivity index (χ0) is 23.5. The van der Waals surface area contributed by atoms with E-state index in [0.29, 0.717) is 0 Å². The molecule has 0 aliphatic heterocycles. The second kappa shape index (κ2) is 9.36. The monoisotopic (exact) mass is 443 g/mol. The number of ether oxygens (including phenoxy) is 2. The van der Waals surface area contributed by atoms with E-state index in [4.69, 9.17) is 14.5 Å². The molecule has 0 unspecified atom stereocenters. The van der Waals surface area contributed by atoms with E-state index >= 15 is 0 Å². The Morgan fingerprint density at radius 2 is 1.79 bits per heavy atom. The van der Waals surface area contributed by atoms with Crippen LogP contribution < -0.4 is 15.0 Å². The van der Waals surface area contributed by atoms with Gasteiger partial charge in [0.2, 0.25) is 0 Å². The first-order valence-electron chi connectivity index (χ1n) is 11.0. The molecule has 1 heterocycles.